The first-order chi connectivity index (χ1) is 11.7. The molecule has 1 fully saturated rings. The highest BCUT2D eigenvalue weighted by atomic mass is 32.1. The van der Waals surface area contributed by atoms with Crippen LogP contribution >= 0.6 is 23.6 Å². The van der Waals surface area contributed by atoms with Gasteiger partial charge in [-0.15, -0.1) is 11.3 Å². The number of aromatic nitrogens is 3. The van der Waals surface area contributed by atoms with Crippen LogP contribution in [0.3, 0.4) is 0 Å². The second-order valence-corrected chi connectivity index (χ2v) is 7.62. The zero-order chi connectivity index (χ0) is 16.5. The fourth-order valence-electron chi connectivity index (χ4n) is 3.27. The average Bonchev–Trinajstić information content (AvgIpc) is 3.30. The van der Waals surface area contributed by atoms with E-state index >= 15 is 0 Å². The molecule has 3 aromatic rings. The summed E-state index contributed by atoms with van der Waals surface area (Å²) < 4.78 is 2.60. The summed E-state index contributed by atoms with van der Waals surface area (Å²) in [5, 5.41) is 5.53. The lowest BCUT2D eigenvalue weighted by atomic mass is 10.1. The molecule has 1 N–H and O–H groups in total. The lowest BCUT2D eigenvalue weighted by molar-refractivity contribution is 0.192. The Kier molecular flexibility index (Phi) is 4.35. The van der Waals surface area contributed by atoms with E-state index in [0.29, 0.717) is 10.8 Å². The Labute approximate surface area is 150 Å². The van der Waals surface area contributed by atoms with Crippen molar-refractivity contribution in [1.82, 2.24) is 19.7 Å². The molecule has 6 heteroatoms. The molecule has 0 amide bonds. The van der Waals surface area contributed by atoms with Gasteiger partial charge in [-0.2, -0.15) is 4.98 Å². The number of thiophene rings is 1. The summed E-state index contributed by atoms with van der Waals surface area (Å²) in [6.45, 7) is 3.95. The Morgan fingerprint density at radius 2 is 2.12 bits per heavy atom. The number of rotatable bonds is 4. The van der Waals surface area contributed by atoms with Crippen molar-refractivity contribution in [3.05, 3.63) is 57.0 Å². The van der Waals surface area contributed by atoms with Crippen molar-refractivity contribution in [3.8, 4) is 11.4 Å². The van der Waals surface area contributed by atoms with Crippen LogP contribution in [0.25, 0.3) is 11.4 Å². The lowest BCUT2D eigenvalue weighted by Crippen LogP contribution is -2.26. The third-order valence-corrected chi connectivity index (χ3v) is 5.85. The number of hydrogen-bond acceptors (Lipinski definition) is 4. The molecule has 1 aliphatic rings. The van der Waals surface area contributed by atoms with E-state index in [9.17, 15) is 0 Å². The fraction of sp³-hybridized carbons (Fsp3) is 0.333. The van der Waals surface area contributed by atoms with Crippen molar-refractivity contribution in [2.45, 2.75) is 32.5 Å². The summed E-state index contributed by atoms with van der Waals surface area (Å²) >= 11 is 7.31. The highest BCUT2D eigenvalue weighted by molar-refractivity contribution is 7.71. The molecule has 124 valence electrons. The highest BCUT2D eigenvalue weighted by Gasteiger charge is 2.27. The summed E-state index contributed by atoms with van der Waals surface area (Å²) in [5.41, 5.74) is 2.31. The monoisotopic (exact) mass is 356 g/mol. The maximum Gasteiger partial charge on any atom is 0.217 e. The van der Waals surface area contributed by atoms with E-state index in [-0.39, 0.29) is 0 Å². The molecule has 1 atom stereocenters. The average molecular weight is 357 g/mol. The van der Waals surface area contributed by atoms with Gasteiger partial charge in [-0.3, -0.25) is 10.00 Å². The van der Waals surface area contributed by atoms with Crippen molar-refractivity contribution in [2.24, 2.45) is 0 Å². The molecule has 2 aromatic heterocycles. The highest BCUT2D eigenvalue weighted by Crippen LogP contribution is 2.34. The van der Waals surface area contributed by atoms with Gasteiger partial charge >= 0.3 is 0 Å². The van der Waals surface area contributed by atoms with Crippen LogP contribution in [0.2, 0.25) is 0 Å². The van der Waals surface area contributed by atoms with Gasteiger partial charge in [-0.25, -0.2) is 4.68 Å². The molecular weight excluding hydrogens is 336 g/mol. The topological polar surface area (TPSA) is 36.9 Å². The number of hydrogen-bond donors (Lipinski definition) is 1. The predicted molar refractivity (Wildman–Crippen MR) is 101 cm³/mol. The second-order valence-electron chi connectivity index (χ2n) is 6.28. The smallest absolute Gasteiger partial charge is 0.217 e. The fourth-order valence-corrected chi connectivity index (χ4v) is 4.36. The Morgan fingerprint density at radius 3 is 2.88 bits per heavy atom. The maximum atomic E-state index is 5.47. The number of likely N-dealkylation sites (tertiary alicyclic amines) is 1. The molecular formula is C18H20N4S2. The van der Waals surface area contributed by atoms with Crippen molar-refractivity contribution >= 4 is 23.6 Å². The Morgan fingerprint density at radius 1 is 1.29 bits per heavy atom. The predicted octanol–water partition coefficient (Wildman–Crippen LogP) is 4.77. The van der Waals surface area contributed by atoms with E-state index < -0.39 is 0 Å². The first-order valence-electron chi connectivity index (χ1n) is 8.22. The zero-order valence-corrected chi connectivity index (χ0v) is 15.2. The van der Waals surface area contributed by atoms with E-state index in [1.54, 1.807) is 0 Å². The third kappa shape index (κ3) is 3.09. The van der Waals surface area contributed by atoms with Crippen molar-refractivity contribution in [3.63, 3.8) is 0 Å². The minimum Gasteiger partial charge on any atom is -0.278 e. The molecule has 1 aliphatic heterocycles. The molecule has 4 rings (SSSR count). The molecule has 0 spiro atoms. The summed E-state index contributed by atoms with van der Waals surface area (Å²) in [5.74, 6) is 0.840. The van der Waals surface area contributed by atoms with Gasteiger partial charge in [0.25, 0.3) is 0 Å². The molecule has 0 aliphatic carbocycles. The second kappa shape index (κ2) is 6.63. The number of nitrogens with one attached hydrogen (secondary N) is 1. The van der Waals surface area contributed by atoms with Crippen LogP contribution in [0.15, 0.2) is 41.8 Å². The van der Waals surface area contributed by atoms with Crippen molar-refractivity contribution in [1.29, 1.82) is 0 Å². The summed E-state index contributed by atoms with van der Waals surface area (Å²) in [6, 6.07) is 13.2. The number of nitrogens with zero attached hydrogens (tertiary/aromatic N) is 3. The van der Waals surface area contributed by atoms with E-state index in [1.165, 1.54) is 23.3 Å². The first-order valence-corrected chi connectivity index (χ1v) is 9.51. The van der Waals surface area contributed by atoms with Crippen LogP contribution in [-0.4, -0.2) is 26.2 Å². The van der Waals surface area contributed by atoms with Gasteiger partial charge in [-0.1, -0.05) is 35.9 Å². The van der Waals surface area contributed by atoms with Crippen molar-refractivity contribution in [2.75, 3.05) is 6.54 Å². The van der Waals surface area contributed by atoms with Crippen molar-refractivity contribution < 1.29 is 0 Å². The molecule has 0 unspecified atom stereocenters. The number of H-pyrrole nitrogens is 1. The molecule has 3 heterocycles. The van der Waals surface area contributed by atoms with Gasteiger partial charge in [-0.05, 0) is 43.4 Å². The molecule has 4 nitrogen and oxygen atoms in total. The van der Waals surface area contributed by atoms with Crippen LogP contribution in [-0.2, 0) is 6.67 Å². The first kappa shape index (κ1) is 15.7. The molecule has 1 aromatic carbocycles. The van der Waals surface area contributed by atoms with Crippen LogP contribution in [0.5, 0.6) is 0 Å². The molecule has 0 saturated carbocycles. The maximum absolute atomic E-state index is 5.47. The Balaban J connectivity index is 1.57. The number of aryl methyl sites for hydroxylation is 1. The van der Waals surface area contributed by atoms with E-state index in [1.807, 2.05) is 16.0 Å². The number of benzene rings is 1. The zero-order valence-electron chi connectivity index (χ0n) is 13.6. The van der Waals surface area contributed by atoms with E-state index in [4.69, 9.17) is 12.2 Å². The van der Waals surface area contributed by atoms with Crippen LogP contribution in [0.4, 0.5) is 0 Å². The summed E-state index contributed by atoms with van der Waals surface area (Å²) in [7, 11) is 0. The van der Waals surface area contributed by atoms with Gasteiger partial charge in [0.15, 0.2) is 5.82 Å². The number of aromatic amines is 1. The quantitative estimate of drug-likeness (QED) is 0.684. The van der Waals surface area contributed by atoms with Crippen LogP contribution in [0.1, 0.15) is 29.3 Å². The van der Waals surface area contributed by atoms with E-state index in [2.05, 4.69) is 63.7 Å². The van der Waals surface area contributed by atoms with Crippen LogP contribution in [0, 0.1) is 11.7 Å². The van der Waals surface area contributed by atoms with Gasteiger partial charge < -0.3 is 0 Å². The largest absolute Gasteiger partial charge is 0.278 e. The standard InChI is InChI=1S/C18H20N4S2/c1-13-6-8-14(9-7-13)17-19-18(23)22(20-17)12-21-10-2-4-15(21)16-5-3-11-24-16/h3,5-9,11,15H,2,4,10,12H2,1H3,(H,19,20,23)/t15-/m0/s1. The molecule has 24 heavy (non-hydrogen) atoms. The minimum absolute atomic E-state index is 0.498. The molecule has 1 saturated heterocycles. The van der Waals surface area contributed by atoms with Crippen LogP contribution < -0.4 is 0 Å². The molecule has 0 radical (unpaired) electrons. The van der Waals surface area contributed by atoms with Gasteiger partial charge in [0.2, 0.25) is 4.77 Å². The normalized spacial score (nSPS) is 18.3. The lowest BCUT2D eigenvalue weighted by Gasteiger charge is -2.23. The van der Waals surface area contributed by atoms with E-state index in [0.717, 1.165) is 24.6 Å². The van der Waals surface area contributed by atoms with Gasteiger partial charge in [0.05, 0.1) is 6.67 Å². The summed E-state index contributed by atoms with van der Waals surface area (Å²) in [4.78, 5) is 8.47. The minimum atomic E-state index is 0.498. The SMILES string of the molecule is Cc1ccc(-c2nc(=S)n(CN3CCC[C@H]3c3cccs3)[nH]2)cc1. The molecule has 0 bridgehead atoms. The van der Waals surface area contributed by atoms with Gasteiger partial charge in [0.1, 0.15) is 0 Å². The van der Waals surface area contributed by atoms with Gasteiger partial charge in [0, 0.05) is 23.0 Å². The Hall–Kier alpha value is -1.76. The third-order valence-electron chi connectivity index (χ3n) is 4.56. The Bertz CT molecular complexity index is 861. The summed E-state index contributed by atoms with van der Waals surface area (Å²) in [6.07, 6.45) is 2.45.